The first-order valence-electron chi connectivity index (χ1n) is 7.06. The van der Waals surface area contributed by atoms with Gasteiger partial charge in [-0.15, -0.1) is 11.3 Å². The highest BCUT2D eigenvalue weighted by Gasteiger charge is 2.18. The monoisotopic (exact) mass is 283 g/mol. The zero-order valence-electron chi connectivity index (χ0n) is 12.3. The summed E-state index contributed by atoms with van der Waals surface area (Å²) in [5.74, 6) is 0. The quantitative estimate of drug-likeness (QED) is 0.794. The topological polar surface area (TPSA) is 28.6 Å². The van der Waals surface area contributed by atoms with Crippen LogP contribution in [0.1, 0.15) is 17.5 Å². The number of likely N-dealkylation sites (N-methyl/N-ethyl adjacent to an activating group) is 1. The molecule has 0 bridgehead atoms. The van der Waals surface area contributed by atoms with Crippen molar-refractivity contribution in [2.24, 2.45) is 0 Å². The average molecular weight is 283 g/mol. The molecule has 0 unspecified atom stereocenters. The third-order valence-electron chi connectivity index (χ3n) is 3.81. The maximum atomic E-state index is 5.40. The molecule has 0 aliphatic carbocycles. The Labute approximate surface area is 120 Å². The minimum absolute atomic E-state index is 0.608. The summed E-state index contributed by atoms with van der Waals surface area (Å²) >= 11 is 1.77. The fourth-order valence-electron chi connectivity index (χ4n) is 2.53. The number of aromatic nitrogens is 1. The Bertz CT molecular complexity index is 377. The second-order valence-electron chi connectivity index (χ2n) is 5.37. The first-order chi connectivity index (χ1) is 9.16. The molecule has 2 rings (SSSR count). The number of thiazole rings is 1. The summed E-state index contributed by atoms with van der Waals surface area (Å²) in [4.78, 5) is 10.7. The summed E-state index contributed by atoms with van der Waals surface area (Å²) in [7, 11) is 2.22. The number of nitrogens with zero attached hydrogens (tertiary/aromatic N) is 3. The van der Waals surface area contributed by atoms with Crippen LogP contribution in [-0.2, 0) is 11.2 Å². The van der Waals surface area contributed by atoms with E-state index in [1.807, 2.05) is 5.51 Å². The normalized spacial score (nSPS) is 18.9. The molecule has 1 atom stereocenters. The standard InChI is InChI=1S/C14H25N3OS/c1-12(17-6-8-18-9-7-17)10-16(3)5-4-14-13(2)15-11-19-14/h11-12H,4-10H2,1-3H3/t12-/m0/s1. The van der Waals surface area contributed by atoms with E-state index in [4.69, 9.17) is 4.74 Å². The van der Waals surface area contributed by atoms with Crippen molar-refractivity contribution in [1.29, 1.82) is 0 Å². The van der Waals surface area contributed by atoms with E-state index in [0.717, 1.165) is 45.8 Å². The molecule has 1 aromatic heterocycles. The molecule has 1 aliphatic heterocycles. The summed E-state index contributed by atoms with van der Waals surface area (Å²) in [6, 6.07) is 0.608. The molecule has 0 aromatic carbocycles. The van der Waals surface area contributed by atoms with E-state index in [0.29, 0.717) is 6.04 Å². The van der Waals surface area contributed by atoms with Crippen LogP contribution >= 0.6 is 11.3 Å². The summed E-state index contributed by atoms with van der Waals surface area (Å²) in [6.45, 7) is 10.6. The molecule has 0 saturated carbocycles. The van der Waals surface area contributed by atoms with Gasteiger partial charge in [0.05, 0.1) is 24.4 Å². The lowest BCUT2D eigenvalue weighted by Crippen LogP contribution is -2.46. The van der Waals surface area contributed by atoms with E-state index < -0.39 is 0 Å². The van der Waals surface area contributed by atoms with Crippen LogP contribution in [0, 0.1) is 6.92 Å². The van der Waals surface area contributed by atoms with Gasteiger partial charge in [0.25, 0.3) is 0 Å². The maximum Gasteiger partial charge on any atom is 0.0797 e. The van der Waals surface area contributed by atoms with Gasteiger partial charge in [0.1, 0.15) is 0 Å². The number of aryl methyl sites for hydroxylation is 1. The highest BCUT2D eigenvalue weighted by atomic mass is 32.1. The zero-order chi connectivity index (χ0) is 13.7. The molecular formula is C14H25N3OS. The number of morpholine rings is 1. The molecule has 0 N–H and O–H groups in total. The Morgan fingerprint density at radius 1 is 1.47 bits per heavy atom. The van der Waals surface area contributed by atoms with Gasteiger partial charge in [0.2, 0.25) is 0 Å². The average Bonchev–Trinajstić information content (AvgIpc) is 2.83. The van der Waals surface area contributed by atoms with Gasteiger partial charge in [-0.3, -0.25) is 4.90 Å². The van der Waals surface area contributed by atoms with Crippen LogP contribution in [0.2, 0.25) is 0 Å². The first kappa shape index (κ1) is 14.9. The van der Waals surface area contributed by atoms with Crippen LogP contribution in [0.5, 0.6) is 0 Å². The van der Waals surface area contributed by atoms with Gasteiger partial charge in [-0.2, -0.15) is 0 Å². The highest BCUT2D eigenvalue weighted by Crippen LogP contribution is 2.13. The molecule has 1 aromatic rings. The van der Waals surface area contributed by atoms with Crippen molar-refractivity contribution in [2.75, 3.05) is 46.4 Å². The molecule has 0 spiro atoms. The number of hydrogen-bond donors (Lipinski definition) is 0. The van der Waals surface area contributed by atoms with Gasteiger partial charge in [0.15, 0.2) is 0 Å². The lowest BCUT2D eigenvalue weighted by molar-refractivity contribution is 0.0142. The molecule has 2 heterocycles. The van der Waals surface area contributed by atoms with E-state index in [1.54, 1.807) is 11.3 Å². The van der Waals surface area contributed by atoms with Crippen LogP contribution in [0.4, 0.5) is 0 Å². The van der Waals surface area contributed by atoms with Gasteiger partial charge in [-0.1, -0.05) is 0 Å². The number of hydrogen-bond acceptors (Lipinski definition) is 5. The van der Waals surface area contributed by atoms with E-state index in [9.17, 15) is 0 Å². The highest BCUT2D eigenvalue weighted by molar-refractivity contribution is 7.09. The van der Waals surface area contributed by atoms with E-state index >= 15 is 0 Å². The second kappa shape index (κ2) is 7.33. The molecule has 5 heteroatoms. The number of rotatable bonds is 6. The van der Waals surface area contributed by atoms with Gasteiger partial charge >= 0.3 is 0 Å². The molecule has 0 amide bonds. The van der Waals surface area contributed by atoms with E-state index in [2.05, 4.69) is 35.7 Å². The smallest absolute Gasteiger partial charge is 0.0797 e. The minimum atomic E-state index is 0.608. The Morgan fingerprint density at radius 3 is 2.84 bits per heavy atom. The lowest BCUT2D eigenvalue weighted by Gasteiger charge is -2.34. The Balaban J connectivity index is 1.71. The summed E-state index contributed by atoms with van der Waals surface area (Å²) in [5.41, 5.74) is 3.14. The van der Waals surface area contributed by atoms with Gasteiger partial charge < -0.3 is 9.64 Å². The molecule has 0 radical (unpaired) electrons. The molecule has 108 valence electrons. The van der Waals surface area contributed by atoms with E-state index in [1.165, 1.54) is 10.6 Å². The predicted octanol–water partition coefficient (Wildman–Crippen LogP) is 1.65. The van der Waals surface area contributed by atoms with Crippen molar-refractivity contribution in [3.63, 3.8) is 0 Å². The molecule has 19 heavy (non-hydrogen) atoms. The predicted molar refractivity (Wildman–Crippen MR) is 79.9 cm³/mol. The Hall–Kier alpha value is -0.490. The molecular weight excluding hydrogens is 258 g/mol. The van der Waals surface area contributed by atoms with Crippen molar-refractivity contribution in [3.8, 4) is 0 Å². The van der Waals surface area contributed by atoms with Crippen LogP contribution < -0.4 is 0 Å². The zero-order valence-corrected chi connectivity index (χ0v) is 13.1. The largest absolute Gasteiger partial charge is 0.379 e. The Morgan fingerprint density at radius 2 is 2.21 bits per heavy atom. The first-order valence-corrected chi connectivity index (χ1v) is 7.94. The van der Waals surface area contributed by atoms with Crippen molar-refractivity contribution in [3.05, 3.63) is 16.1 Å². The van der Waals surface area contributed by atoms with E-state index in [-0.39, 0.29) is 0 Å². The van der Waals surface area contributed by atoms with Crippen LogP contribution in [0.15, 0.2) is 5.51 Å². The molecule has 1 aliphatic rings. The fourth-order valence-corrected chi connectivity index (χ4v) is 3.31. The molecule has 1 fully saturated rings. The van der Waals surface area contributed by atoms with Crippen LogP contribution in [0.25, 0.3) is 0 Å². The van der Waals surface area contributed by atoms with Crippen molar-refractivity contribution in [1.82, 2.24) is 14.8 Å². The SMILES string of the molecule is Cc1ncsc1CCN(C)C[C@H](C)N1CCOCC1. The molecule has 1 saturated heterocycles. The molecule has 4 nitrogen and oxygen atoms in total. The summed E-state index contributed by atoms with van der Waals surface area (Å²) < 4.78 is 5.40. The van der Waals surface area contributed by atoms with Crippen molar-refractivity contribution < 1.29 is 4.74 Å². The van der Waals surface area contributed by atoms with Crippen molar-refractivity contribution >= 4 is 11.3 Å². The van der Waals surface area contributed by atoms with Crippen LogP contribution in [0.3, 0.4) is 0 Å². The summed E-state index contributed by atoms with van der Waals surface area (Å²) in [6.07, 6.45) is 1.11. The van der Waals surface area contributed by atoms with Crippen molar-refractivity contribution in [2.45, 2.75) is 26.3 Å². The third kappa shape index (κ3) is 4.53. The third-order valence-corrected chi connectivity index (χ3v) is 4.81. The minimum Gasteiger partial charge on any atom is -0.379 e. The van der Waals surface area contributed by atoms with Crippen LogP contribution in [-0.4, -0.2) is 67.3 Å². The second-order valence-corrected chi connectivity index (χ2v) is 6.31. The lowest BCUT2D eigenvalue weighted by atomic mass is 10.2. The van der Waals surface area contributed by atoms with Gasteiger partial charge in [-0.25, -0.2) is 4.98 Å². The van der Waals surface area contributed by atoms with Gasteiger partial charge in [-0.05, 0) is 27.3 Å². The Kier molecular flexibility index (Phi) is 5.76. The maximum absolute atomic E-state index is 5.40. The fraction of sp³-hybridized carbons (Fsp3) is 0.786. The summed E-state index contributed by atoms with van der Waals surface area (Å²) in [5, 5.41) is 0. The number of ether oxygens (including phenoxy) is 1. The van der Waals surface area contributed by atoms with Gasteiger partial charge in [0, 0.05) is 37.1 Å².